The Morgan fingerprint density at radius 2 is 1.79 bits per heavy atom. The van der Waals surface area contributed by atoms with Crippen molar-refractivity contribution in [1.29, 1.82) is 0 Å². The van der Waals surface area contributed by atoms with Gasteiger partial charge < -0.3 is 0 Å². The van der Waals surface area contributed by atoms with E-state index in [4.69, 9.17) is 11.6 Å². The Kier molecular flexibility index (Phi) is 4.82. The van der Waals surface area contributed by atoms with Gasteiger partial charge in [-0.15, -0.1) is 0 Å². The standard InChI is InChI=1S/C20H16ClN3O2S2/c1-12-11-18(13(2)10-16(12)21)28(25,26)24-15-7-5-14(6-8-15)19-23-17-4-3-9-22-20(17)27-19/h3-11,24H,1-2H3. The summed E-state index contributed by atoms with van der Waals surface area (Å²) in [4.78, 5) is 9.96. The van der Waals surface area contributed by atoms with Crippen LogP contribution in [-0.4, -0.2) is 18.4 Å². The molecular formula is C20H16ClN3O2S2. The molecule has 0 fully saturated rings. The summed E-state index contributed by atoms with van der Waals surface area (Å²) in [6, 6.07) is 14.2. The summed E-state index contributed by atoms with van der Waals surface area (Å²) in [6.07, 6.45) is 1.74. The zero-order valence-corrected chi connectivity index (χ0v) is 17.5. The van der Waals surface area contributed by atoms with E-state index < -0.39 is 10.0 Å². The minimum absolute atomic E-state index is 0.218. The number of rotatable bonds is 4. The Balaban J connectivity index is 1.61. The molecule has 28 heavy (non-hydrogen) atoms. The molecule has 0 aliphatic rings. The van der Waals surface area contributed by atoms with Gasteiger partial charge in [0.25, 0.3) is 10.0 Å². The molecule has 0 spiro atoms. The van der Waals surface area contributed by atoms with Crippen LogP contribution < -0.4 is 4.72 Å². The van der Waals surface area contributed by atoms with Gasteiger partial charge in [0.2, 0.25) is 0 Å². The predicted octanol–water partition coefficient (Wildman–Crippen LogP) is 5.43. The SMILES string of the molecule is Cc1cc(S(=O)(=O)Nc2ccc(-c3nc4cccnc4s3)cc2)c(C)cc1Cl. The Morgan fingerprint density at radius 1 is 1.04 bits per heavy atom. The minimum atomic E-state index is -3.71. The van der Waals surface area contributed by atoms with Gasteiger partial charge in [-0.2, -0.15) is 0 Å². The van der Waals surface area contributed by atoms with E-state index in [0.29, 0.717) is 21.8 Å². The van der Waals surface area contributed by atoms with Gasteiger partial charge in [-0.1, -0.05) is 22.9 Å². The topological polar surface area (TPSA) is 72.0 Å². The van der Waals surface area contributed by atoms with E-state index in [1.54, 1.807) is 44.3 Å². The highest BCUT2D eigenvalue weighted by atomic mass is 35.5. The van der Waals surface area contributed by atoms with Crippen LogP contribution in [0.1, 0.15) is 11.1 Å². The van der Waals surface area contributed by atoms with Crippen LogP contribution in [0.25, 0.3) is 20.9 Å². The van der Waals surface area contributed by atoms with E-state index >= 15 is 0 Å². The third kappa shape index (κ3) is 3.61. The lowest BCUT2D eigenvalue weighted by molar-refractivity contribution is 0.600. The number of benzene rings is 2. The van der Waals surface area contributed by atoms with E-state index in [-0.39, 0.29) is 4.90 Å². The second-order valence-corrected chi connectivity index (χ2v) is 9.43. The van der Waals surface area contributed by atoms with Crippen molar-refractivity contribution in [3.05, 3.63) is 70.9 Å². The Morgan fingerprint density at radius 3 is 2.50 bits per heavy atom. The Hall–Kier alpha value is -2.48. The van der Waals surface area contributed by atoms with Gasteiger partial charge in [0.1, 0.15) is 15.4 Å². The molecule has 2 aromatic carbocycles. The van der Waals surface area contributed by atoms with Gasteiger partial charge in [-0.05, 0) is 73.5 Å². The molecule has 0 bridgehead atoms. The average molecular weight is 430 g/mol. The van der Waals surface area contributed by atoms with Crippen LogP contribution in [0.5, 0.6) is 0 Å². The highest BCUT2D eigenvalue weighted by Crippen LogP contribution is 2.30. The van der Waals surface area contributed by atoms with Crippen molar-refractivity contribution < 1.29 is 8.42 Å². The van der Waals surface area contributed by atoms with E-state index in [1.165, 1.54) is 11.3 Å². The molecule has 2 heterocycles. The number of halogens is 1. The predicted molar refractivity (Wildman–Crippen MR) is 115 cm³/mol. The van der Waals surface area contributed by atoms with Crippen molar-refractivity contribution >= 4 is 49.0 Å². The maximum absolute atomic E-state index is 12.8. The first-order chi connectivity index (χ1) is 13.3. The summed E-state index contributed by atoms with van der Waals surface area (Å²) >= 11 is 7.57. The van der Waals surface area contributed by atoms with E-state index in [1.807, 2.05) is 24.3 Å². The zero-order chi connectivity index (χ0) is 19.9. The highest BCUT2D eigenvalue weighted by molar-refractivity contribution is 7.92. The van der Waals surface area contributed by atoms with Crippen molar-refractivity contribution in [2.24, 2.45) is 0 Å². The van der Waals surface area contributed by atoms with E-state index in [2.05, 4.69) is 14.7 Å². The first kappa shape index (κ1) is 18.9. The molecule has 0 unspecified atom stereocenters. The number of aryl methyl sites for hydroxylation is 2. The number of nitrogens with zero attached hydrogens (tertiary/aromatic N) is 2. The van der Waals surface area contributed by atoms with Crippen LogP contribution in [0.3, 0.4) is 0 Å². The number of hydrogen-bond donors (Lipinski definition) is 1. The van der Waals surface area contributed by atoms with Gasteiger partial charge in [0.15, 0.2) is 0 Å². The number of anilines is 1. The monoisotopic (exact) mass is 429 g/mol. The molecule has 8 heteroatoms. The second-order valence-electron chi connectivity index (χ2n) is 6.40. The summed E-state index contributed by atoms with van der Waals surface area (Å²) in [5.41, 5.74) is 3.55. The van der Waals surface area contributed by atoms with Crippen LogP contribution in [0.15, 0.2) is 59.6 Å². The summed E-state index contributed by atoms with van der Waals surface area (Å²) in [5, 5.41) is 1.39. The van der Waals surface area contributed by atoms with Crippen LogP contribution in [0.2, 0.25) is 5.02 Å². The fourth-order valence-corrected chi connectivity index (χ4v) is 5.33. The molecular weight excluding hydrogens is 414 g/mol. The Bertz CT molecular complexity index is 1250. The molecule has 1 N–H and O–H groups in total. The summed E-state index contributed by atoms with van der Waals surface area (Å²) in [7, 11) is -3.71. The largest absolute Gasteiger partial charge is 0.280 e. The maximum Gasteiger partial charge on any atom is 0.262 e. The molecule has 4 aromatic rings. The van der Waals surface area contributed by atoms with Crippen LogP contribution in [0.4, 0.5) is 5.69 Å². The fourth-order valence-electron chi connectivity index (χ4n) is 2.83. The van der Waals surface area contributed by atoms with Crippen LogP contribution in [0, 0.1) is 13.8 Å². The molecule has 0 aliphatic heterocycles. The molecule has 142 valence electrons. The number of nitrogens with one attached hydrogen (secondary N) is 1. The van der Waals surface area contributed by atoms with Crippen molar-refractivity contribution in [1.82, 2.24) is 9.97 Å². The van der Waals surface area contributed by atoms with Gasteiger partial charge in [0, 0.05) is 22.5 Å². The van der Waals surface area contributed by atoms with E-state index in [9.17, 15) is 8.42 Å². The first-order valence-corrected chi connectivity index (χ1v) is 11.1. The lowest BCUT2D eigenvalue weighted by atomic mass is 10.2. The molecule has 2 aromatic heterocycles. The van der Waals surface area contributed by atoms with Gasteiger partial charge >= 0.3 is 0 Å². The molecule has 0 amide bonds. The third-order valence-electron chi connectivity index (χ3n) is 4.30. The third-order valence-corrected chi connectivity index (χ3v) is 7.25. The fraction of sp³-hybridized carbons (Fsp3) is 0.100. The van der Waals surface area contributed by atoms with Crippen molar-refractivity contribution in [2.45, 2.75) is 18.7 Å². The molecule has 0 aliphatic carbocycles. The van der Waals surface area contributed by atoms with Crippen molar-refractivity contribution in [3.8, 4) is 10.6 Å². The lowest BCUT2D eigenvalue weighted by Crippen LogP contribution is -2.14. The number of fused-ring (bicyclic) bond motifs is 1. The molecule has 0 saturated carbocycles. The lowest BCUT2D eigenvalue weighted by Gasteiger charge is -2.12. The summed E-state index contributed by atoms with van der Waals surface area (Å²) < 4.78 is 28.2. The number of hydrogen-bond acceptors (Lipinski definition) is 5. The highest BCUT2D eigenvalue weighted by Gasteiger charge is 2.18. The summed E-state index contributed by atoms with van der Waals surface area (Å²) in [6.45, 7) is 3.51. The number of sulfonamides is 1. The quantitative estimate of drug-likeness (QED) is 0.469. The number of aromatic nitrogens is 2. The normalized spacial score (nSPS) is 11.7. The average Bonchev–Trinajstić information content (AvgIpc) is 3.09. The smallest absolute Gasteiger partial charge is 0.262 e. The van der Waals surface area contributed by atoms with Gasteiger partial charge in [-0.3, -0.25) is 4.72 Å². The zero-order valence-electron chi connectivity index (χ0n) is 15.1. The van der Waals surface area contributed by atoms with Gasteiger partial charge in [-0.25, -0.2) is 18.4 Å². The second kappa shape index (κ2) is 7.16. The van der Waals surface area contributed by atoms with Crippen molar-refractivity contribution in [2.75, 3.05) is 4.72 Å². The molecule has 4 rings (SSSR count). The molecule has 0 saturated heterocycles. The minimum Gasteiger partial charge on any atom is -0.280 e. The molecule has 0 radical (unpaired) electrons. The summed E-state index contributed by atoms with van der Waals surface area (Å²) in [5.74, 6) is 0. The number of thiazole rings is 1. The molecule has 5 nitrogen and oxygen atoms in total. The molecule has 0 atom stereocenters. The van der Waals surface area contributed by atoms with Crippen LogP contribution in [-0.2, 0) is 10.0 Å². The number of pyridine rings is 1. The van der Waals surface area contributed by atoms with Gasteiger partial charge in [0.05, 0.1) is 4.90 Å². The van der Waals surface area contributed by atoms with E-state index in [0.717, 1.165) is 20.9 Å². The first-order valence-electron chi connectivity index (χ1n) is 8.45. The maximum atomic E-state index is 12.8. The Labute approximate surface area is 172 Å². The van der Waals surface area contributed by atoms with Crippen LogP contribution >= 0.6 is 22.9 Å². The van der Waals surface area contributed by atoms with Crippen molar-refractivity contribution in [3.63, 3.8) is 0 Å².